The van der Waals surface area contributed by atoms with Crippen LogP contribution in [-0.4, -0.2) is 30.7 Å². The average Bonchev–Trinajstić information content (AvgIpc) is 3.14. The van der Waals surface area contributed by atoms with E-state index >= 15 is 0 Å². The van der Waals surface area contributed by atoms with E-state index in [-0.39, 0.29) is 0 Å². The van der Waals surface area contributed by atoms with Crippen molar-refractivity contribution in [3.63, 3.8) is 0 Å². The lowest BCUT2D eigenvalue weighted by Gasteiger charge is -2.34. The summed E-state index contributed by atoms with van der Waals surface area (Å²) in [6.45, 7) is 3.18. The quantitative estimate of drug-likeness (QED) is 0.852. The first-order chi connectivity index (χ1) is 7.83. The monoisotopic (exact) mass is 237 g/mol. The van der Waals surface area contributed by atoms with Crippen LogP contribution in [0.2, 0.25) is 5.02 Å². The van der Waals surface area contributed by atoms with Gasteiger partial charge in [0.1, 0.15) is 5.82 Å². The maximum atomic E-state index is 5.85. The molecule has 0 amide bonds. The molecule has 1 saturated heterocycles. The molecule has 1 aliphatic heterocycles. The van der Waals surface area contributed by atoms with Gasteiger partial charge >= 0.3 is 0 Å². The third-order valence-corrected chi connectivity index (χ3v) is 3.66. The molecular formula is C12H16ClN3. The lowest BCUT2D eigenvalue weighted by atomic mass is 10.1. The molecule has 3 nitrogen and oxygen atoms in total. The summed E-state index contributed by atoms with van der Waals surface area (Å²) in [5, 5.41) is 4.30. The molecule has 1 unspecified atom stereocenters. The van der Waals surface area contributed by atoms with E-state index in [9.17, 15) is 0 Å². The van der Waals surface area contributed by atoms with Crippen LogP contribution < -0.4 is 10.2 Å². The summed E-state index contributed by atoms with van der Waals surface area (Å²) in [5.74, 6) is 1.95. The number of nitrogens with one attached hydrogen (secondary N) is 1. The molecule has 86 valence electrons. The van der Waals surface area contributed by atoms with Gasteiger partial charge in [0.05, 0.1) is 5.02 Å². The number of anilines is 1. The van der Waals surface area contributed by atoms with Crippen molar-refractivity contribution in [3.8, 4) is 0 Å². The van der Waals surface area contributed by atoms with E-state index < -0.39 is 0 Å². The summed E-state index contributed by atoms with van der Waals surface area (Å²) in [7, 11) is 0. The average molecular weight is 238 g/mol. The van der Waals surface area contributed by atoms with Gasteiger partial charge in [0.2, 0.25) is 0 Å². The number of hydrogen-bond acceptors (Lipinski definition) is 3. The van der Waals surface area contributed by atoms with Gasteiger partial charge in [0, 0.05) is 31.9 Å². The summed E-state index contributed by atoms with van der Waals surface area (Å²) in [5.41, 5.74) is 0. The fraction of sp³-hybridized carbons (Fsp3) is 0.583. The van der Waals surface area contributed by atoms with E-state index in [2.05, 4.69) is 15.2 Å². The van der Waals surface area contributed by atoms with Crippen LogP contribution in [0.25, 0.3) is 0 Å². The van der Waals surface area contributed by atoms with Crippen molar-refractivity contribution in [2.24, 2.45) is 5.92 Å². The second kappa shape index (κ2) is 4.22. The van der Waals surface area contributed by atoms with Crippen LogP contribution in [0.15, 0.2) is 18.3 Å². The van der Waals surface area contributed by atoms with Crippen molar-refractivity contribution in [2.45, 2.75) is 18.9 Å². The maximum absolute atomic E-state index is 5.85. The Morgan fingerprint density at radius 2 is 2.25 bits per heavy atom. The highest BCUT2D eigenvalue weighted by Gasteiger charge is 2.34. The Morgan fingerprint density at radius 1 is 1.38 bits per heavy atom. The third-order valence-electron chi connectivity index (χ3n) is 3.43. The first-order valence-corrected chi connectivity index (χ1v) is 6.30. The third kappa shape index (κ3) is 2.15. The normalized spacial score (nSPS) is 25.8. The predicted octanol–water partition coefficient (Wildman–Crippen LogP) is 1.92. The standard InChI is InChI=1S/C12H16ClN3/c13-10-3-4-12(15-7-10)16-6-5-14-11(8-16)9-1-2-9/h3-4,7,9,11,14H,1-2,5-6,8H2. The Hall–Kier alpha value is -0.800. The van der Waals surface area contributed by atoms with Crippen molar-refractivity contribution in [1.29, 1.82) is 0 Å². The molecule has 16 heavy (non-hydrogen) atoms. The van der Waals surface area contributed by atoms with E-state index in [0.29, 0.717) is 11.1 Å². The smallest absolute Gasteiger partial charge is 0.128 e. The van der Waals surface area contributed by atoms with E-state index in [4.69, 9.17) is 11.6 Å². The lowest BCUT2D eigenvalue weighted by Crippen LogP contribution is -2.52. The van der Waals surface area contributed by atoms with Crippen molar-refractivity contribution < 1.29 is 0 Å². The number of hydrogen-bond donors (Lipinski definition) is 1. The van der Waals surface area contributed by atoms with Gasteiger partial charge in [-0.1, -0.05) is 11.6 Å². The van der Waals surface area contributed by atoms with E-state index in [1.165, 1.54) is 12.8 Å². The Balaban J connectivity index is 1.71. The molecule has 2 aliphatic rings. The molecule has 1 N–H and O–H groups in total. The summed E-state index contributed by atoms with van der Waals surface area (Å²) in [6, 6.07) is 4.58. The predicted molar refractivity (Wildman–Crippen MR) is 66.0 cm³/mol. The molecule has 1 atom stereocenters. The fourth-order valence-electron chi connectivity index (χ4n) is 2.36. The maximum Gasteiger partial charge on any atom is 0.128 e. The van der Waals surface area contributed by atoms with Gasteiger partial charge in [0.25, 0.3) is 0 Å². The van der Waals surface area contributed by atoms with Crippen LogP contribution in [0.1, 0.15) is 12.8 Å². The number of halogens is 1. The first-order valence-electron chi connectivity index (χ1n) is 5.93. The number of aromatic nitrogens is 1. The Kier molecular flexibility index (Phi) is 2.74. The summed E-state index contributed by atoms with van der Waals surface area (Å²) in [4.78, 5) is 6.74. The van der Waals surface area contributed by atoms with Gasteiger partial charge in [-0.3, -0.25) is 0 Å². The van der Waals surface area contributed by atoms with Gasteiger partial charge in [-0.15, -0.1) is 0 Å². The molecule has 1 aliphatic carbocycles. The van der Waals surface area contributed by atoms with Gasteiger partial charge in [-0.25, -0.2) is 4.98 Å². The second-order valence-corrected chi connectivity index (χ2v) is 5.12. The van der Waals surface area contributed by atoms with Gasteiger partial charge in [-0.05, 0) is 30.9 Å². The molecule has 1 saturated carbocycles. The van der Waals surface area contributed by atoms with Crippen molar-refractivity contribution in [3.05, 3.63) is 23.4 Å². The van der Waals surface area contributed by atoms with Crippen LogP contribution in [0.4, 0.5) is 5.82 Å². The minimum atomic E-state index is 0.659. The highest BCUT2D eigenvalue weighted by Crippen LogP contribution is 2.34. The molecule has 1 aromatic rings. The number of rotatable bonds is 2. The Morgan fingerprint density at radius 3 is 2.94 bits per heavy atom. The fourth-order valence-corrected chi connectivity index (χ4v) is 2.47. The van der Waals surface area contributed by atoms with Crippen LogP contribution in [0.3, 0.4) is 0 Å². The van der Waals surface area contributed by atoms with E-state index in [1.807, 2.05) is 12.1 Å². The van der Waals surface area contributed by atoms with Gasteiger partial charge in [0.15, 0.2) is 0 Å². The van der Waals surface area contributed by atoms with E-state index in [0.717, 1.165) is 31.4 Å². The van der Waals surface area contributed by atoms with Crippen LogP contribution >= 0.6 is 11.6 Å². The molecule has 4 heteroatoms. The number of nitrogens with zero attached hydrogens (tertiary/aromatic N) is 2. The zero-order chi connectivity index (χ0) is 11.0. The molecule has 2 heterocycles. The Bertz CT molecular complexity index is 361. The van der Waals surface area contributed by atoms with Gasteiger partial charge < -0.3 is 10.2 Å². The van der Waals surface area contributed by atoms with Gasteiger partial charge in [-0.2, -0.15) is 0 Å². The van der Waals surface area contributed by atoms with Crippen molar-refractivity contribution in [1.82, 2.24) is 10.3 Å². The zero-order valence-electron chi connectivity index (χ0n) is 9.19. The minimum Gasteiger partial charge on any atom is -0.354 e. The SMILES string of the molecule is Clc1ccc(N2CCNC(C3CC3)C2)nc1. The topological polar surface area (TPSA) is 28.2 Å². The molecular weight excluding hydrogens is 222 g/mol. The minimum absolute atomic E-state index is 0.659. The van der Waals surface area contributed by atoms with E-state index in [1.54, 1.807) is 6.20 Å². The summed E-state index contributed by atoms with van der Waals surface area (Å²) in [6.07, 6.45) is 4.50. The van der Waals surface area contributed by atoms with Crippen molar-refractivity contribution >= 4 is 17.4 Å². The molecule has 2 fully saturated rings. The van der Waals surface area contributed by atoms with Crippen molar-refractivity contribution in [2.75, 3.05) is 24.5 Å². The Labute approximate surface area is 101 Å². The zero-order valence-corrected chi connectivity index (χ0v) is 9.95. The van der Waals surface area contributed by atoms with Crippen LogP contribution in [0.5, 0.6) is 0 Å². The lowest BCUT2D eigenvalue weighted by molar-refractivity contribution is 0.417. The largest absolute Gasteiger partial charge is 0.354 e. The summed E-state index contributed by atoms with van der Waals surface area (Å²) >= 11 is 5.85. The second-order valence-electron chi connectivity index (χ2n) is 4.68. The molecule has 0 bridgehead atoms. The molecule has 1 aromatic heterocycles. The summed E-state index contributed by atoms with van der Waals surface area (Å²) < 4.78 is 0. The molecule has 0 aromatic carbocycles. The number of piperazine rings is 1. The first kappa shape index (κ1) is 10.4. The molecule has 0 spiro atoms. The van der Waals surface area contributed by atoms with Crippen LogP contribution in [-0.2, 0) is 0 Å². The van der Waals surface area contributed by atoms with Crippen LogP contribution in [0, 0.1) is 5.92 Å². The highest BCUT2D eigenvalue weighted by molar-refractivity contribution is 6.30. The number of pyridine rings is 1. The highest BCUT2D eigenvalue weighted by atomic mass is 35.5. The molecule has 0 radical (unpaired) electrons. The molecule has 3 rings (SSSR count).